The third-order valence-corrected chi connectivity index (χ3v) is 9.21. The summed E-state index contributed by atoms with van der Waals surface area (Å²) in [5.74, 6) is -1.13. The summed E-state index contributed by atoms with van der Waals surface area (Å²) in [6, 6.07) is 17.2. The molecule has 0 radical (unpaired) electrons. The average molecular weight is 576 g/mol. The Balaban J connectivity index is 1.42. The van der Waals surface area contributed by atoms with Gasteiger partial charge in [-0.1, -0.05) is 55.8 Å². The number of likely N-dealkylation sites (tertiary alicyclic amines) is 1. The number of nitrogens with zero attached hydrogens (tertiary/aromatic N) is 1. The van der Waals surface area contributed by atoms with E-state index in [0.717, 1.165) is 21.6 Å². The number of aliphatic hydroxyl groups is 3. The molecule has 1 fully saturated rings. The Bertz CT molecular complexity index is 1420. The summed E-state index contributed by atoms with van der Waals surface area (Å²) in [7, 11) is 0. The first-order chi connectivity index (χ1) is 19.8. The molecule has 8 heteroatoms. The molecule has 3 N–H and O–H groups in total. The Kier molecular flexibility index (Phi) is 9.04. The maximum Gasteiger partial charge on any atom is 0.234 e. The van der Waals surface area contributed by atoms with Crippen LogP contribution in [0.25, 0.3) is 11.6 Å². The van der Waals surface area contributed by atoms with Crippen molar-refractivity contribution in [3.8, 4) is 0 Å². The molecule has 5 rings (SSSR count). The molecule has 2 aliphatic rings. The lowest BCUT2D eigenvalue weighted by molar-refractivity contribution is -0.140. The van der Waals surface area contributed by atoms with Crippen LogP contribution in [0.1, 0.15) is 55.1 Å². The van der Waals surface area contributed by atoms with Crippen molar-refractivity contribution in [1.82, 2.24) is 4.90 Å². The summed E-state index contributed by atoms with van der Waals surface area (Å²) in [5, 5.41) is 33.6. The Morgan fingerprint density at radius 1 is 1.07 bits per heavy atom. The molecule has 0 bridgehead atoms. The van der Waals surface area contributed by atoms with Gasteiger partial charge in [-0.05, 0) is 71.5 Å². The monoisotopic (exact) mass is 575 g/mol. The standard InChI is InChI=1S/C33H37NO6S/c1-20(2)26-16-27-31(33(39)34(32(27)38)17-25-9-6-14-41-25)28(19-36)30(26)29(37)13-10-22(21-7-4-3-5-8-21)15-23-11-12-24(18-35)40-23/h3-9,11-12,14-15,20,27-29,31,35-37H,10,13,16-19H2,1-2H3/b22-15-/t27-,28+,29-,31-/m1/s1. The minimum Gasteiger partial charge on any atom is -0.459 e. The number of hydrogen-bond acceptors (Lipinski definition) is 7. The predicted octanol–water partition coefficient (Wildman–Crippen LogP) is 5.28. The van der Waals surface area contributed by atoms with Crippen LogP contribution in [-0.2, 0) is 22.7 Å². The summed E-state index contributed by atoms with van der Waals surface area (Å²) < 4.78 is 5.70. The highest BCUT2D eigenvalue weighted by atomic mass is 32.1. The zero-order chi connectivity index (χ0) is 29.1. The Morgan fingerprint density at radius 3 is 2.49 bits per heavy atom. The van der Waals surface area contributed by atoms with E-state index in [4.69, 9.17) is 4.42 Å². The molecule has 3 aromatic rings. The zero-order valence-electron chi connectivity index (χ0n) is 23.4. The molecule has 3 heterocycles. The number of carbonyl (C=O) groups is 2. The van der Waals surface area contributed by atoms with Crippen LogP contribution in [0.5, 0.6) is 0 Å². The van der Waals surface area contributed by atoms with Crippen molar-refractivity contribution >= 4 is 34.8 Å². The number of rotatable bonds is 11. The van der Waals surface area contributed by atoms with Crippen LogP contribution in [0.15, 0.2) is 75.5 Å². The smallest absolute Gasteiger partial charge is 0.234 e. The van der Waals surface area contributed by atoms with Crippen LogP contribution in [0.4, 0.5) is 0 Å². The highest BCUT2D eigenvalue weighted by Gasteiger charge is 2.55. The average Bonchev–Trinajstić information content (AvgIpc) is 3.72. The number of carbonyl (C=O) groups excluding carboxylic acids is 2. The highest BCUT2D eigenvalue weighted by Crippen LogP contribution is 2.48. The summed E-state index contributed by atoms with van der Waals surface area (Å²) in [6.07, 6.45) is 2.32. The lowest BCUT2D eigenvalue weighted by atomic mass is 9.66. The topological polar surface area (TPSA) is 111 Å². The highest BCUT2D eigenvalue weighted by molar-refractivity contribution is 7.09. The van der Waals surface area contributed by atoms with Gasteiger partial charge in [-0.2, -0.15) is 0 Å². The molecular weight excluding hydrogens is 538 g/mol. The summed E-state index contributed by atoms with van der Waals surface area (Å²) >= 11 is 1.50. The third kappa shape index (κ3) is 6.02. The van der Waals surface area contributed by atoms with Crippen LogP contribution in [0.3, 0.4) is 0 Å². The third-order valence-electron chi connectivity index (χ3n) is 8.34. The van der Waals surface area contributed by atoms with Crippen molar-refractivity contribution < 1.29 is 29.3 Å². The largest absolute Gasteiger partial charge is 0.459 e. The van der Waals surface area contributed by atoms with Gasteiger partial charge in [0.15, 0.2) is 0 Å². The van der Waals surface area contributed by atoms with Crippen molar-refractivity contribution in [2.45, 2.75) is 52.4 Å². The molecule has 1 saturated heterocycles. The second-order valence-corrected chi connectivity index (χ2v) is 12.2. The number of imide groups is 1. The number of aliphatic hydroxyl groups excluding tert-OH is 3. The van der Waals surface area contributed by atoms with Crippen LogP contribution in [0.2, 0.25) is 0 Å². The lowest BCUT2D eigenvalue weighted by Crippen LogP contribution is -2.39. The number of hydrogen-bond donors (Lipinski definition) is 3. The van der Waals surface area contributed by atoms with Gasteiger partial charge in [0.2, 0.25) is 11.8 Å². The molecule has 1 aliphatic heterocycles. The Morgan fingerprint density at radius 2 is 1.85 bits per heavy atom. The van der Waals surface area contributed by atoms with Crippen molar-refractivity contribution in [3.63, 3.8) is 0 Å². The van der Waals surface area contributed by atoms with E-state index in [-0.39, 0.29) is 37.5 Å². The molecule has 2 aromatic heterocycles. The van der Waals surface area contributed by atoms with Gasteiger partial charge in [-0.15, -0.1) is 11.3 Å². The molecule has 0 unspecified atom stereocenters. The van der Waals surface area contributed by atoms with E-state index in [0.29, 0.717) is 36.4 Å². The van der Waals surface area contributed by atoms with E-state index >= 15 is 0 Å². The Labute approximate surface area is 244 Å². The van der Waals surface area contributed by atoms with E-state index < -0.39 is 23.9 Å². The molecule has 7 nitrogen and oxygen atoms in total. The van der Waals surface area contributed by atoms with E-state index in [1.165, 1.54) is 16.2 Å². The maximum atomic E-state index is 13.6. The lowest BCUT2D eigenvalue weighted by Gasteiger charge is -2.38. The first-order valence-electron chi connectivity index (χ1n) is 14.2. The minimum atomic E-state index is -0.892. The molecule has 0 spiro atoms. The van der Waals surface area contributed by atoms with Crippen LogP contribution < -0.4 is 0 Å². The first kappa shape index (κ1) is 29.2. The number of amides is 2. The molecule has 216 valence electrons. The molecule has 4 atom stereocenters. The number of furan rings is 1. The number of benzene rings is 1. The second kappa shape index (κ2) is 12.7. The van der Waals surface area contributed by atoms with Gasteiger partial charge in [-0.25, -0.2) is 0 Å². The number of fused-ring (bicyclic) bond motifs is 1. The molecule has 1 aliphatic carbocycles. The quantitative estimate of drug-likeness (QED) is 0.212. The molecular formula is C33H37NO6S. The van der Waals surface area contributed by atoms with Crippen LogP contribution in [0, 0.1) is 23.7 Å². The maximum absolute atomic E-state index is 13.6. The van der Waals surface area contributed by atoms with Crippen LogP contribution >= 0.6 is 11.3 Å². The SMILES string of the molecule is CC(C)C1=C([C@H](O)CC/C(=C/c2ccc(CO)o2)c2ccccc2)[C@H](CO)[C@@H]2C(=O)N(Cc3cccs3)C(=O)[C@@H]2C1. The summed E-state index contributed by atoms with van der Waals surface area (Å²) in [4.78, 5) is 29.4. The second-order valence-electron chi connectivity index (χ2n) is 11.2. The normalized spacial score (nSPS) is 22.1. The van der Waals surface area contributed by atoms with E-state index in [1.807, 2.05) is 67.8 Å². The van der Waals surface area contributed by atoms with Crippen LogP contribution in [-0.4, -0.2) is 44.7 Å². The number of allylic oxidation sites excluding steroid dienone is 2. The summed E-state index contributed by atoms with van der Waals surface area (Å²) in [5.41, 5.74) is 3.61. The molecule has 1 aromatic carbocycles. The van der Waals surface area contributed by atoms with E-state index in [9.17, 15) is 24.9 Å². The Hall–Kier alpha value is -3.30. The summed E-state index contributed by atoms with van der Waals surface area (Å²) in [6.45, 7) is 3.81. The van der Waals surface area contributed by atoms with Crippen molar-refractivity contribution in [2.24, 2.45) is 23.7 Å². The van der Waals surface area contributed by atoms with Gasteiger partial charge in [-0.3, -0.25) is 14.5 Å². The molecule has 0 saturated carbocycles. The van der Waals surface area contributed by atoms with Gasteiger partial charge in [0.1, 0.15) is 18.1 Å². The zero-order valence-corrected chi connectivity index (χ0v) is 24.2. The predicted molar refractivity (Wildman–Crippen MR) is 158 cm³/mol. The van der Waals surface area contributed by atoms with Gasteiger partial charge in [0.25, 0.3) is 0 Å². The number of thiophene rings is 1. The van der Waals surface area contributed by atoms with Crippen molar-refractivity contribution in [2.75, 3.05) is 6.61 Å². The van der Waals surface area contributed by atoms with Gasteiger partial charge >= 0.3 is 0 Å². The fourth-order valence-electron chi connectivity index (χ4n) is 6.35. The molecule has 41 heavy (non-hydrogen) atoms. The van der Waals surface area contributed by atoms with Crippen molar-refractivity contribution in [1.29, 1.82) is 0 Å². The van der Waals surface area contributed by atoms with Gasteiger partial charge in [0.05, 0.1) is 31.1 Å². The fourth-order valence-corrected chi connectivity index (χ4v) is 7.05. The van der Waals surface area contributed by atoms with Crippen molar-refractivity contribution in [3.05, 3.63) is 93.1 Å². The van der Waals surface area contributed by atoms with Gasteiger partial charge in [0, 0.05) is 10.8 Å². The molecule has 2 amide bonds. The minimum absolute atomic E-state index is 0.0491. The van der Waals surface area contributed by atoms with E-state index in [2.05, 4.69) is 0 Å². The van der Waals surface area contributed by atoms with Gasteiger partial charge < -0.3 is 19.7 Å². The fraction of sp³-hybridized carbons (Fsp3) is 0.394. The van der Waals surface area contributed by atoms with E-state index in [1.54, 1.807) is 12.1 Å². The first-order valence-corrected chi connectivity index (χ1v) is 15.0.